The lowest BCUT2D eigenvalue weighted by molar-refractivity contribution is 0.236. The molecule has 106 valence electrons. The first-order valence-corrected chi connectivity index (χ1v) is 6.95. The van der Waals surface area contributed by atoms with Crippen LogP contribution in [0.5, 0.6) is 0 Å². The van der Waals surface area contributed by atoms with Gasteiger partial charge in [-0.15, -0.1) is 0 Å². The zero-order valence-electron chi connectivity index (χ0n) is 12.2. The number of urea groups is 1. The summed E-state index contributed by atoms with van der Waals surface area (Å²) in [5.74, 6) is 0. The van der Waals surface area contributed by atoms with Gasteiger partial charge >= 0.3 is 6.03 Å². The number of nitrogens with zero attached hydrogens (tertiary/aromatic N) is 1. The van der Waals surface area contributed by atoms with Gasteiger partial charge < -0.3 is 15.5 Å². The summed E-state index contributed by atoms with van der Waals surface area (Å²) in [6, 6.07) is 8.05. The highest BCUT2D eigenvalue weighted by molar-refractivity contribution is 5.73. The lowest BCUT2D eigenvalue weighted by Gasteiger charge is -2.18. The van der Waals surface area contributed by atoms with Crippen LogP contribution in [-0.4, -0.2) is 37.1 Å². The fraction of sp³-hybridized carbons (Fsp3) is 0.533. The number of rotatable bonds is 7. The van der Waals surface area contributed by atoms with Crippen molar-refractivity contribution in [2.45, 2.75) is 27.3 Å². The average Bonchev–Trinajstić information content (AvgIpc) is 2.41. The van der Waals surface area contributed by atoms with Gasteiger partial charge in [-0.2, -0.15) is 0 Å². The normalized spacial score (nSPS) is 10.5. The van der Waals surface area contributed by atoms with Crippen LogP contribution in [0.25, 0.3) is 0 Å². The Morgan fingerprint density at radius 2 is 1.95 bits per heavy atom. The van der Waals surface area contributed by atoms with E-state index in [-0.39, 0.29) is 6.03 Å². The molecule has 0 aliphatic carbocycles. The lowest BCUT2D eigenvalue weighted by Crippen LogP contribution is -2.40. The number of carbonyl (C=O) groups excluding carboxylic acids is 1. The Hall–Kier alpha value is -1.55. The van der Waals surface area contributed by atoms with Crippen LogP contribution in [0.3, 0.4) is 0 Å². The molecule has 4 heteroatoms. The molecule has 4 nitrogen and oxygen atoms in total. The van der Waals surface area contributed by atoms with Crippen LogP contribution in [-0.2, 0) is 6.54 Å². The average molecular weight is 263 g/mol. The molecule has 1 aromatic carbocycles. The predicted octanol–water partition coefficient (Wildman–Crippen LogP) is 2.14. The number of amides is 2. The maximum Gasteiger partial charge on any atom is 0.315 e. The molecule has 1 aromatic rings. The number of aryl methyl sites for hydroxylation is 1. The third-order valence-corrected chi connectivity index (χ3v) is 3.14. The van der Waals surface area contributed by atoms with Gasteiger partial charge in [0, 0.05) is 19.6 Å². The van der Waals surface area contributed by atoms with Crippen LogP contribution in [0, 0.1) is 6.92 Å². The van der Waals surface area contributed by atoms with Crippen LogP contribution in [0.4, 0.5) is 4.79 Å². The minimum Gasteiger partial charge on any atom is -0.337 e. The maximum absolute atomic E-state index is 11.6. The number of hydrogen-bond donors (Lipinski definition) is 2. The molecule has 0 heterocycles. The van der Waals surface area contributed by atoms with E-state index in [2.05, 4.69) is 35.4 Å². The number of carbonyl (C=O) groups is 1. The lowest BCUT2D eigenvalue weighted by atomic mass is 10.1. The minimum atomic E-state index is -0.103. The van der Waals surface area contributed by atoms with Crippen molar-refractivity contribution in [3.8, 4) is 0 Å². The summed E-state index contributed by atoms with van der Waals surface area (Å²) < 4.78 is 0. The molecule has 0 unspecified atom stereocenters. The fourth-order valence-corrected chi connectivity index (χ4v) is 1.93. The summed E-state index contributed by atoms with van der Waals surface area (Å²) in [5, 5.41) is 5.74. The minimum absolute atomic E-state index is 0.103. The molecular weight excluding hydrogens is 238 g/mol. The number of nitrogens with one attached hydrogen (secondary N) is 2. The van der Waals surface area contributed by atoms with Crippen LogP contribution in [0.2, 0.25) is 0 Å². The number of likely N-dealkylation sites (N-methyl/N-ethyl adjacent to an activating group) is 1. The Morgan fingerprint density at radius 3 is 2.58 bits per heavy atom. The van der Waals surface area contributed by atoms with Gasteiger partial charge in [-0.05, 0) is 25.6 Å². The highest BCUT2D eigenvalue weighted by Crippen LogP contribution is 2.02. The Bertz CT molecular complexity index is 389. The van der Waals surface area contributed by atoms with Gasteiger partial charge in [0.15, 0.2) is 0 Å². The van der Waals surface area contributed by atoms with Gasteiger partial charge in [-0.25, -0.2) is 4.79 Å². The summed E-state index contributed by atoms with van der Waals surface area (Å²) in [6.45, 7) is 10.5. The Kier molecular flexibility index (Phi) is 6.97. The Balaban J connectivity index is 2.21. The first kappa shape index (κ1) is 15.5. The van der Waals surface area contributed by atoms with Crippen LogP contribution < -0.4 is 10.6 Å². The van der Waals surface area contributed by atoms with E-state index in [1.807, 2.05) is 25.1 Å². The molecule has 0 spiro atoms. The Labute approximate surface area is 116 Å². The van der Waals surface area contributed by atoms with Crippen molar-refractivity contribution >= 4 is 6.03 Å². The van der Waals surface area contributed by atoms with E-state index in [1.165, 1.54) is 5.56 Å². The molecule has 0 saturated heterocycles. The number of hydrogen-bond acceptors (Lipinski definition) is 2. The van der Waals surface area contributed by atoms with E-state index in [4.69, 9.17) is 0 Å². The molecule has 0 aliphatic heterocycles. The highest BCUT2D eigenvalue weighted by atomic mass is 16.2. The molecule has 19 heavy (non-hydrogen) atoms. The van der Waals surface area contributed by atoms with Gasteiger partial charge in [0.1, 0.15) is 0 Å². The quantitative estimate of drug-likeness (QED) is 0.791. The molecule has 0 fully saturated rings. The van der Waals surface area contributed by atoms with Crippen molar-refractivity contribution in [2.75, 3.05) is 26.2 Å². The fourth-order valence-electron chi connectivity index (χ4n) is 1.93. The second kappa shape index (κ2) is 8.53. The van der Waals surface area contributed by atoms with Gasteiger partial charge in [-0.3, -0.25) is 0 Å². The topological polar surface area (TPSA) is 44.4 Å². The second-order valence-electron chi connectivity index (χ2n) is 4.63. The van der Waals surface area contributed by atoms with E-state index >= 15 is 0 Å². The van der Waals surface area contributed by atoms with Crippen molar-refractivity contribution < 1.29 is 4.79 Å². The molecule has 2 N–H and O–H groups in total. The molecule has 0 saturated carbocycles. The molecule has 0 aliphatic rings. The smallest absolute Gasteiger partial charge is 0.315 e. The van der Waals surface area contributed by atoms with Crippen molar-refractivity contribution in [3.63, 3.8) is 0 Å². The van der Waals surface area contributed by atoms with E-state index < -0.39 is 0 Å². The molecule has 0 atom stereocenters. The van der Waals surface area contributed by atoms with E-state index in [1.54, 1.807) is 0 Å². The first-order chi connectivity index (χ1) is 9.15. The van der Waals surface area contributed by atoms with Gasteiger partial charge in [0.05, 0.1) is 0 Å². The molecule has 0 radical (unpaired) electrons. The third-order valence-electron chi connectivity index (χ3n) is 3.14. The largest absolute Gasteiger partial charge is 0.337 e. The van der Waals surface area contributed by atoms with Crippen molar-refractivity contribution in [2.24, 2.45) is 0 Å². The molecule has 2 amide bonds. The van der Waals surface area contributed by atoms with Gasteiger partial charge in [0.25, 0.3) is 0 Å². The summed E-state index contributed by atoms with van der Waals surface area (Å²) in [5.41, 5.74) is 2.33. The molecule has 0 bridgehead atoms. The zero-order chi connectivity index (χ0) is 14.1. The molecular formula is C15H25N3O. The monoisotopic (exact) mass is 263 g/mol. The van der Waals surface area contributed by atoms with Crippen LogP contribution in [0.15, 0.2) is 24.3 Å². The van der Waals surface area contributed by atoms with Crippen molar-refractivity contribution in [1.29, 1.82) is 0 Å². The van der Waals surface area contributed by atoms with Crippen LogP contribution >= 0.6 is 0 Å². The van der Waals surface area contributed by atoms with E-state index in [0.29, 0.717) is 13.1 Å². The predicted molar refractivity (Wildman–Crippen MR) is 79.2 cm³/mol. The highest BCUT2D eigenvalue weighted by Gasteiger charge is 2.02. The van der Waals surface area contributed by atoms with Crippen molar-refractivity contribution in [3.05, 3.63) is 35.4 Å². The summed E-state index contributed by atoms with van der Waals surface area (Å²) >= 11 is 0. The summed E-state index contributed by atoms with van der Waals surface area (Å²) in [4.78, 5) is 13.9. The molecule has 0 aromatic heterocycles. The maximum atomic E-state index is 11.6. The molecule has 1 rings (SSSR count). The Morgan fingerprint density at radius 1 is 1.21 bits per heavy atom. The summed E-state index contributed by atoms with van der Waals surface area (Å²) in [7, 11) is 0. The van der Waals surface area contributed by atoms with E-state index in [9.17, 15) is 4.79 Å². The zero-order valence-corrected chi connectivity index (χ0v) is 12.2. The summed E-state index contributed by atoms with van der Waals surface area (Å²) in [6.07, 6.45) is 0. The van der Waals surface area contributed by atoms with Gasteiger partial charge in [-0.1, -0.05) is 43.7 Å². The first-order valence-electron chi connectivity index (χ1n) is 6.95. The van der Waals surface area contributed by atoms with E-state index in [0.717, 1.165) is 25.2 Å². The van der Waals surface area contributed by atoms with Crippen LogP contribution in [0.1, 0.15) is 25.0 Å². The standard InChI is InChI=1S/C15H25N3O/c1-4-18(5-2)10-9-16-15(19)17-12-14-8-6-7-13(3)11-14/h6-8,11H,4-5,9-10,12H2,1-3H3,(H2,16,17,19). The second-order valence-corrected chi connectivity index (χ2v) is 4.63. The van der Waals surface area contributed by atoms with Gasteiger partial charge in [0.2, 0.25) is 0 Å². The SMILES string of the molecule is CCN(CC)CCNC(=O)NCc1cccc(C)c1. The third kappa shape index (κ3) is 6.25. The van der Waals surface area contributed by atoms with Crippen molar-refractivity contribution in [1.82, 2.24) is 15.5 Å². The number of benzene rings is 1.